The second-order valence-electron chi connectivity index (χ2n) is 7.25. The van der Waals surface area contributed by atoms with Crippen LogP contribution in [0.25, 0.3) is 0 Å². The first-order valence-corrected chi connectivity index (χ1v) is 11.5. The highest BCUT2D eigenvalue weighted by Crippen LogP contribution is 2.28. The summed E-state index contributed by atoms with van der Waals surface area (Å²) in [6.07, 6.45) is 9.33. The van der Waals surface area contributed by atoms with Crippen LogP contribution in [0.1, 0.15) is 31.2 Å². The van der Waals surface area contributed by atoms with E-state index in [1.165, 1.54) is 11.8 Å². The fourth-order valence-corrected chi connectivity index (χ4v) is 3.86. The Labute approximate surface area is 194 Å². The molecule has 1 aromatic carbocycles. The van der Waals surface area contributed by atoms with Crippen LogP contribution in [0, 0.1) is 0 Å². The first-order chi connectivity index (χ1) is 16.2. The molecule has 2 heterocycles. The molecule has 12 heteroatoms. The number of thioether (sulfide) groups is 1. The molecule has 2 N–H and O–H groups in total. The largest absolute Gasteiger partial charge is 0.493 e. The molecule has 0 atom stereocenters. The molecule has 1 aliphatic rings. The van der Waals surface area contributed by atoms with Crippen molar-refractivity contribution in [2.24, 2.45) is 5.10 Å². The van der Waals surface area contributed by atoms with Crippen molar-refractivity contribution in [1.82, 2.24) is 25.0 Å². The number of aromatic amines is 1. The molecule has 1 fully saturated rings. The van der Waals surface area contributed by atoms with Gasteiger partial charge in [-0.05, 0) is 55.5 Å². The number of nitrogens with one attached hydrogen (secondary N) is 2. The van der Waals surface area contributed by atoms with E-state index >= 15 is 0 Å². The molecule has 11 nitrogen and oxygen atoms in total. The molecule has 0 saturated heterocycles. The lowest BCUT2D eigenvalue weighted by atomic mass is 10.2. The first-order valence-electron chi connectivity index (χ1n) is 10.5. The number of anilines is 1. The monoisotopic (exact) mass is 471 g/mol. The van der Waals surface area contributed by atoms with E-state index in [9.17, 15) is 4.79 Å². The number of nitrogens with zero attached hydrogens (tertiary/aromatic N) is 5. The standard InChI is InChI=1S/C21H25N7O4S/c1-30-17-8-7-15(11-18(17)31-14-28-10-4-9-23-28)12-22-25-20-24-21(27-26-20)33-13-19(29)32-16-5-2-3-6-16/h4,7-12,16H,2-3,5-6,13-14H2,1H3,(H2,24,25,26,27)/b22-12+. The van der Waals surface area contributed by atoms with Crippen molar-refractivity contribution in [3.05, 3.63) is 42.2 Å². The second kappa shape index (κ2) is 11.4. The van der Waals surface area contributed by atoms with Crippen molar-refractivity contribution >= 4 is 29.9 Å². The average molecular weight is 472 g/mol. The Morgan fingerprint density at radius 1 is 1.36 bits per heavy atom. The Hall–Kier alpha value is -3.54. The van der Waals surface area contributed by atoms with Crippen LogP contribution in [0.15, 0.2) is 46.9 Å². The van der Waals surface area contributed by atoms with Gasteiger partial charge in [0.2, 0.25) is 11.1 Å². The number of hydrogen-bond acceptors (Lipinski definition) is 10. The Bertz CT molecular complexity index is 1060. The molecule has 0 radical (unpaired) electrons. The van der Waals surface area contributed by atoms with Crippen LogP contribution in [0.5, 0.6) is 11.5 Å². The average Bonchev–Trinajstić information content (AvgIpc) is 3.60. The van der Waals surface area contributed by atoms with Crippen LogP contribution < -0.4 is 14.9 Å². The van der Waals surface area contributed by atoms with Gasteiger partial charge in [-0.25, -0.2) is 15.2 Å². The maximum absolute atomic E-state index is 11.9. The summed E-state index contributed by atoms with van der Waals surface area (Å²) < 4.78 is 18.2. The van der Waals surface area contributed by atoms with Gasteiger partial charge in [0.25, 0.3) is 0 Å². The molecule has 174 valence electrons. The number of carbonyl (C=O) groups is 1. The zero-order valence-corrected chi connectivity index (χ0v) is 19.0. The van der Waals surface area contributed by atoms with Gasteiger partial charge in [-0.15, -0.1) is 5.10 Å². The fraction of sp³-hybridized carbons (Fsp3) is 0.381. The second-order valence-corrected chi connectivity index (χ2v) is 8.19. The van der Waals surface area contributed by atoms with Crippen LogP contribution >= 0.6 is 11.8 Å². The third-order valence-electron chi connectivity index (χ3n) is 4.87. The van der Waals surface area contributed by atoms with Crippen molar-refractivity contribution < 1.29 is 19.0 Å². The molecule has 0 unspecified atom stereocenters. The zero-order valence-electron chi connectivity index (χ0n) is 18.1. The number of methoxy groups -OCH3 is 1. The highest BCUT2D eigenvalue weighted by molar-refractivity contribution is 7.99. The van der Waals surface area contributed by atoms with E-state index in [1.54, 1.807) is 30.3 Å². The van der Waals surface area contributed by atoms with Crippen molar-refractivity contribution in [2.45, 2.75) is 43.7 Å². The van der Waals surface area contributed by atoms with Gasteiger partial charge in [-0.3, -0.25) is 4.79 Å². The smallest absolute Gasteiger partial charge is 0.316 e. The number of rotatable bonds is 11. The molecule has 33 heavy (non-hydrogen) atoms. The topological polar surface area (TPSA) is 129 Å². The molecule has 1 aliphatic carbocycles. The number of hydrogen-bond donors (Lipinski definition) is 2. The molecule has 0 spiro atoms. The molecule has 1 saturated carbocycles. The number of aromatic nitrogens is 5. The summed E-state index contributed by atoms with van der Waals surface area (Å²) in [5.41, 5.74) is 3.58. The van der Waals surface area contributed by atoms with Gasteiger partial charge in [-0.1, -0.05) is 11.8 Å². The molecule has 4 rings (SSSR count). The summed E-state index contributed by atoms with van der Waals surface area (Å²) in [6, 6.07) is 7.28. The molecule has 2 aromatic heterocycles. The first kappa shape index (κ1) is 22.6. The van der Waals surface area contributed by atoms with Crippen LogP contribution in [0.4, 0.5) is 5.95 Å². The Kier molecular flexibility index (Phi) is 7.80. The minimum atomic E-state index is -0.241. The molecule has 0 bridgehead atoms. The van der Waals surface area contributed by atoms with E-state index in [4.69, 9.17) is 14.2 Å². The van der Waals surface area contributed by atoms with Gasteiger partial charge in [0.05, 0.1) is 19.1 Å². The lowest BCUT2D eigenvalue weighted by Gasteiger charge is -2.11. The molecule has 0 aliphatic heterocycles. The lowest BCUT2D eigenvalue weighted by molar-refractivity contribution is -0.145. The van der Waals surface area contributed by atoms with Gasteiger partial charge in [0.1, 0.15) is 6.10 Å². The number of ether oxygens (including phenoxy) is 3. The fourth-order valence-electron chi connectivity index (χ4n) is 3.28. The number of carbonyl (C=O) groups excluding carboxylic acids is 1. The van der Waals surface area contributed by atoms with Gasteiger partial charge in [0, 0.05) is 12.4 Å². The summed E-state index contributed by atoms with van der Waals surface area (Å²) >= 11 is 1.22. The third kappa shape index (κ3) is 6.72. The molecular formula is C21H25N7O4S. The van der Waals surface area contributed by atoms with Crippen molar-refractivity contribution in [3.8, 4) is 11.5 Å². The van der Waals surface area contributed by atoms with E-state index in [0.717, 1.165) is 31.2 Å². The number of esters is 1. The minimum absolute atomic E-state index is 0.0613. The van der Waals surface area contributed by atoms with Gasteiger partial charge >= 0.3 is 5.97 Å². The van der Waals surface area contributed by atoms with Crippen LogP contribution in [-0.4, -0.2) is 56.1 Å². The molecule has 3 aromatic rings. The summed E-state index contributed by atoms with van der Waals surface area (Å²) in [5.74, 6) is 1.47. The van der Waals surface area contributed by atoms with Crippen molar-refractivity contribution in [2.75, 3.05) is 18.3 Å². The molecular weight excluding hydrogens is 446 g/mol. The number of hydrazone groups is 1. The van der Waals surface area contributed by atoms with Crippen LogP contribution in [-0.2, 0) is 16.3 Å². The van der Waals surface area contributed by atoms with Crippen molar-refractivity contribution in [3.63, 3.8) is 0 Å². The summed E-state index contributed by atoms with van der Waals surface area (Å²) in [5, 5.41) is 15.5. The quantitative estimate of drug-likeness (QED) is 0.188. The lowest BCUT2D eigenvalue weighted by Crippen LogP contribution is -2.16. The van der Waals surface area contributed by atoms with Gasteiger partial charge < -0.3 is 14.2 Å². The normalized spacial score (nSPS) is 14.0. The third-order valence-corrected chi connectivity index (χ3v) is 5.69. The van der Waals surface area contributed by atoms with Gasteiger partial charge in [0.15, 0.2) is 18.2 Å². The maximum Gasteiger partial charge on any atom is 0.316 e. The predicted molar refractivity (Wildman–Crippen MR) is 123 cm³/mol. The highest BCUT2D eigenvalue weighted by atomic mass is 32.2. The van der Waals surface area contributed by atoms with Gasteiger partial charge in [-0.2, -0.15) is 15.2 Å². The maximum atomic E-state index is 11.9. The predicted octanol–water partition coefficient (Wildman–Crippen LogP) is 3.07. The minimum Gasteiger partial charge on any atom is -0.493 e. The van der Waals surface area contributed by atoms with E-state index in [2.05, 4.69) is 30.8 Å². The summed E-state index contributed by atoms with van der Waals surface area (Å²) in [6.45, 7) is 0.259. The van der Waals surface area contributed by atoms with Crippen LogP contribution in [0.2, 0.25) is 0 Å². The van der Waals surface area contributed by atoms with E-state index in [0.29, 0.717) is 22.6 Å². The van der Waals surface area contributed by atoms with E-state index < -0.39 is 0 Å². The summed E-state index contributed by atoms with van der Waals surface area (Å²) in [7, 11) is 1.58. The number of H-pyrrole nitrogens is 1. The highest BCUT2D eigenvalue weighted by Gasteiger charge is 2.19. The summed E-state index contributed by atoms with van der Waals surface area (Å²) in [4.78, 5) is 16.2. The molecule has 0 amide bonds. The number of benzene rings is 1. The zero-order chi connectivity index (χ0) is 22.9. The SMILES string of the molecule is COc1ccc(/C=N/Nc2nc(SCC(=O)OC3CCCC3)n[nH]2)cc1OCn1cccn1. The Morgan fingerprint density at radius 2 is 2.24 bits per heavy atom. The van der Waals surface area contributed by atoms with Crippen LogP contribution in [0.3, 0.4) is 0 Å². The van der Waals surface area contributed by atoms with E-state index in [1.807, 2.05) is 24.4 Å². The van der Waals surface area contributed by atoms with E-state index in [-0.39, 0.29) is 24.6 Å². The van der Waals surface area contributed by atoms with Crippen molar-refractivity contribution in [1.29, 1.82) is 0 Å². The Balaban J connectivity index is 1.26. The Morgan fingerprint density at radius 3 is 3.03 bits per heavy atom.